The molecule has 4 nitrogen and oxygen atoms in total. The molecule has 0 aliphatic heterocycles. The van der Waals surface area contributed by atoms with E-state index in [0.29, 0.717) is 12.4 Å². The van der Waals surface area contributed by atoms with Gasteiger partial charge in [0.25, 0.3) is 0 Å². The van der Waals surface area contributed by atoms with Crippen molar-refractivity contribution >= 4 is 85.8 Å². The molecule has 262 valence electrons. The minimum Gasteiger partial charge on any atom is -0.456 e. The van der Waals surface area contributed by atoms with Crippen LogP contribution in [-0.4, -0.2) is 14.8 Å². The fourth-order valence-corrected chi connectivity index (χ4v) is 9.69. The van der Waals surface area contributed by atoms with Crippen LogP contribution in [0.4, 0.5) is 0 Å². The molecule has 3 aromatic heterocycles. The molecule has 5 heteroatoms. The van der Waals surface area contributed by atoms with Gasteiger partial charge in [0.2, 0.25) is 0 Å². The molecule has 0 fully saturated rings. The Kier molecular flexibility index (Phi) is 6.83. The molecule has 12 aromatic rings. The molecule has 0 radical (unpaired) electrons. The van der Waals surface area contributed by atoms with E-state index < -0.39 is 0 Å². The summed E-state index contributed by atoms with van der Waals surface area (Å²) < 4.78 is 10.8. The van der Waals surface area contributed by atoms with Crippen LogP contribution in [0, 0.1) is 0 Å². The zero-order valence-corrected chi connectivity index (χ0v) is 30.9. The lowest BCUT2D eigenvalue weighted by Crippen LogP contribution is -2.04. The lowest BCUT2D eigenvalue weighted by Gasteiger charge is -2.14. The predicted octanol–water partition coefficient (Wildman–Crippen LogP) is 14.1. The van der Waals surface area contributed by atoms with Gasteiger partial charge in [0.15, 0.2) is 11.6 Å². The van der Waals surface area contributed by atoms with Crippen molar-refractivity contribution in [3.8, 4) is 33.9 Å². The fraction of sp³-hybridized carbons (Fsp3) is 0.0196. The molecule has 0 amide bonds. The monoisotopic (exact) mass is 733 g/mol. The molecule has 0 saturated carbocycles. The number of hydrogen-bond acceptors (Lipinski definition) is 4. The van der Waals surface area contributed by atoms with Gasteiger partial charge in [-0.1, -0.05) is 121 Å². The van der Waals surface area contributed by atoms with E-state index in [1.54, 1.807) is 0 Å². The van der Waals surface area contributed by atoms with Crippen LogP contribution < -0.4 is 0 Å². The Bertz CT molecular complexity index is 3520. The summed E-state index contributed by atoms with van der Waals surface area (Å²) in [6, 6.07) is 63.1. The summed E-state index contributed by atoms with van der Waals surface area (Å²) in [6.07, 6.45) is 0. The molecule has 0 atom stereocenters. The van der Waals surface area contributed by atoms with Crippen molar-refractivity contribution in [2.24, 2.45) is 0 Å². The quantitative estimate of drug-likeness (QED) is 0.165. The molecule has 56 heavy (non-hydrogen) atoms. The second kappa shape index (κ2) is 12.2. The average Bonchev–Trinajstić information content (AvgIpc) is 3.97. The van der Waals surface area contributed by atoms with E-state index in [0.717, 1.165) is 44.5 Å². The maximum atomic E-state index is 6.12. The van der Waals surface area contributed by atoms with Crippen LogP contribution in [0.25, 0.3) is 108 Å². The first kappa shape index (κ1) is 31.3. The lowest BCUT2D eigenvalue weighted by molar-refractivity contribution is 0.669. The van der Waals surface area contributed by atoms with Gasteiger partial charge in [-0.05, 0) is 104 Å². The van der Waals surface area contributed by atoms with E-state index in [1.165, 1.54) is 63.6 Å². The Morgan fingerprint density at radius 3 is 1.88 bits per heavy atom. The molecule has 0 aliphatic carbocycles. The third kappa shape index (κ3) is 4.91. The third-order valence-corrected chi connectivity index (χ3v) is 12.4. The Balaban J connectivity index is 0.989. The van der Waals surface area contributed by atoms with Gasteiger partial charge in [0.05, 0.1) is 6.54 Å². The molecule has 3 heterocycles. The summed E-state index contributed by atoms with van der Waals surface area (Å²) in [4.78, 5) is 5.16. The van der Waals surface area contributed by atoms with Gasteiger partial charge in [0, 0.05) is 42.1 Å². The molecule has 9 aromatic carbocycles. The zero-order valence-electron chi connectivity index (χ0n) is 30.1. The van der Waals surface area contributed by atoms with Crippen molar-refractivity contribution < 1.29 is 4.42 Å². The van der Waals surface area contributed by atoms with Crippen molar-refractivity contribution in [1.82, 2.24) is 14.8 Å². The van der Waals surface area contributed by atoms with Gasteiger partial charge in [-0.25, -0.2) is 9.67 Å². The fourth-order valence-electron chi connectivity index (χ4n) is 8.60. The highest BCUT2D eigenvalue weighted by Crippen LogP contribution is 2.40. The lowest BCUT2D eigenvalue weighted by atomic mass is 9.91. The molecule has 0 saturated heterocycles. The summed E-state index contributed by atoms with van der Waals surface area (Å²) in [5.74, 6) is 1.52. The van der Waals surface area contributed by atoms with Gasteiger partial charge in [-0.15, -0.1) is 11.3 Å². The number of benzene rings is 9. The van der Waals surface area contributed by atoms with Gasteiger partial charge < -0.3 is 4.42 Å². The summed E-state index contributed by atoms with van der Waals surface area (Å²) in [5.41, 5.74) is 7.34. The average molecular weight is 734 g/mol. The molecule has 12 rings (SSSR count). The number of nitrogens with zero attached hydrogens (tertiary/aromatic N) is 3. The minimum atomic E-state index is 0.574. The molecule has 0 spiro atoms. The first-order valence-electron chi connectivity index (χ1n) is 18.9. The maximum absolute atomic E-state index is 6.12. The number of rotatable bonds is 5. The molecule has 0 N–H and O–H groups in total. The highest BCUT2D eigenvalue weighted by Gasteiger charge is 2.18. The zero-order chi connectivity index (χ0) is 36.7. The van der Waals surface area contributed by atoms with E-state index in [1.807, 2.05) is 41.7 Å². The summed E-state index contributed by atoms with van der Waals surface area (Å²) in [6.45, 7) is 0.574. The van der Waals surface area contributed by atoms with E-state index in [9.17, 15) is 0 Å². The van der Waals surface area contributed by atoms with Crippen LogP contribution in [-0.2, 0) is 6.54 Å². The van der Waals surface area contributed by atoms with Gasteiger partial charge in [-0.2, -0.15) is 5.10 Å². The van der Waals surface area contributed by atoms with Crippen LogP contribution in [0.3, 0.4) is 0 Å². The Morgan fingerprint density at radius 1 is 0.411 bits per heavy atom. The number of fused-ring (bicyclic) bond motifs is 12. The van der Waals surface area contributed by atoms with E-state index in [2.05, 4.69) is 150 Å². The van der Waals surface area contributed by atoms with Crippen LogP contribution in [0.5, 0.6) is 0 Å². The van der Waals surface area contributed by atoms with Crippen LogP contribution >= 0.6 is 11.3 Å². The molecule has 0 bridgehead atoms. The first-order chi connectivity index (χ1) is 27.7. The molecular weight excluding hydrogens is 703 g/mol. The highest BCUT2D eigenvalue weighted by atomic mass is 32.1. The van der Waals surface area contributed by atoms with Crippen LogP contribution in [0.2, 0.25) is 0 Å². The van der Waals surface area contributed by atoms with Crippen LogP contribution in [0.15, 0.2) is 180 Å². The molecular formula is C51H31N3OS. The van der Waals surface area contributed by atoms with E-state index >= 15 is 0 Å². The minimum absolute atomic E-state index is 0.574. The van der Waals surface area contributed by atoms with Gasteiger partial charge >= 0.3 is 0 Å². The Hall–Kier alpha value is -7.08. The van der Waals surface area contributed by atoms with Crippen molar-refractivity contribution in [2.45, 2.75) is 6.54 Å². The third-order valence-electron chi connectivity index (χ3n) is 11.3. The number of hydrogen-bond donors (Lipinski definition) is 0. The second-order valence-electron chi connectivity index (χ2n) is 14.6. The standard InChI is InChI=1S/C51H31N3OS/c1-2-10-32(11-3-1)51-52-50(35-20-24-47-44(29-35)40-14-6-8-16-46(40)55-47)53-54(51)30-31-18-22-39-42(26-31)37-13-5-4-12-36(37)38-23-19-33(27-43(38)39)34-21-25-49-45(28-34)41-15-7-9-17-48(41)56-49/h1-29H,30H2. The largest absolute Gasteiger partial charge is 0.456 e. The van der Waals surface area contributed by atoms with Crippen molar-refractivity contribution in [3.63, 3.8) is 0 Å². The number of furan rings is 1. The normalized spacial score (nSPS) is 12.0. The second-order valence-corrected chi connectivity index (χ2v) is 15.7. The van der Waals surface area contributed by atoms with Crippen molar-refractivity contribution in [2.75, 3.05) is 0 Å². The Labute approximate surface area is 325 Å². The number of thiophene rings is 1. The summed E-state index contributed by atoms with van der Waals surface area (Å²) >= 11 is 1.86. The highest BCUT2D eigenvalue weighted by molar-refractivity contribution is 7.25. The summed E-state index contributed by atoms with van der Waals surface area (Å²) in [5, 5.41) is 17.5. The van der Waals surface area contributed by atoms with Gasteiger partial charge in [-0.3, -0.25) is 0 Å². The van der Waals surface area contributed by atoms with E-state index in [4.69, 9.17) is 14.5 Å². The smallest absolute Gasteiger partial charge is 0.181 e. The molecule has 0 unspecified atom stereocenters. The van der Waals surface area contributed by atoms with Crippen LogP contribution in [0.1, 0.15) is 5.56 Å². The predicted molar refractivity (Wildman–Crippen MR) is 235 cm³/mol. The van der Waals surface area contributed by atoms with Crippen molar-refractivity contribution in [3.05, 3.63) is 181 Å². The Morgan fingerprint density at radius 2 is 1.00 bits per heavy atom. The SMILES string of the molecule is c1ccc(-c2nc(-c3ccc4oc5ccccc5c4c3)nn2Cc2ccc3c(c2)c2ccccc2c2ccc(-c4ccc5sc6ccccc6c5c4)cc23)cc1. The molecule has 0 aliphatic rings. The first-order valence-corrected chi connectivity index (χ1v) is 19.7. The van der Waals surface area contributed by atoms with Crippen molar-refractivity contribution in [1.29, 1.82) is 0 Å². The maximum Gasteiger partial charge on any atom is 0.181 e. The van der Waals surface area contributed by atoms with E-state index in [-0.39, 0.29) is 0 Å². The number of para-hydroxylation sites is 1. The summed E-state index contributed by atoms with van der Waals surface area (Å²) in [7, 11) is 0. The van der Waals surface area contributed by atoms with Gasteiger partial charge in [0.1, 0.15) is 11.2 Å². The topological polar surface area (TPSA) is 43.9 Å². The number of aromatic nitrogens is 3.